The van der Waals surface area contributed by atoms with Crippen molar-refractivity contribution < 1.29 is 42.9 Å². The Morgan fingerprint density at radius 2 is 0.581 bits per heavy atom. The quantitative estimate of drug-likeness (QED) is 0.0195. The molecule has 0 aromatic carbocycles. The second kappa shape index (κ2) is 73.8. The van der Waals surface area contributed by atoms with Gasteiger partial charge in [-0.15, -0.1) is 0 Å². The Hall–Kier alpha value is -4.05. The van der Waals surface area contributed by atoms with E-state index in [0.29, 0.717) is 23.9 Å². The van der Waals surface area contributed by atoms with E-state index in [4.69, 9.17) is 18.9 Å². The van der Waals surface area contributed by atoms with Gasteiger partial charge in [-0.2, -0.15) is 0 Å². The lowest BCUT2D eigenvalue weighted by Gasteiger charge is -2.26. The fourth-order valence-electron chi connectivity index (χ4n) is 11.1. The molecule has 536 valence electrons. The first kappa shape index (κ1) is 89.0. The van der Waals surface area contributed by atoms with Crippen LogP contribution in [0, 0.1) is 0 Å². The van der Waals surface area contributed by atoms with Gasteiger partial charge in [0.05, 0.1) is 40.3 Å². The van der Waals surface area contributed by atoms with Crippen LogP contribution in [-0.4, -0.2) is 82.3 Å². The van der Waals surface area contributed by atoms with Crippen LogP contribution < -0.4 is 5.11 Å². The number of carboxylic acid groups (broad SMARTS) is 1. The summed E-state index contributed by atoms with van der Waals surface area (Å²) in [7, 11) is 5.94. The number of allylic oxidation sites excluding steroid dienone is 18. The summed E-state index contributed by atoms with van der Waals surface area (Å²) in [6.45, 7) is 4.57. The first-order chi connectivity index (χ1) is 45.6. The van der Waals surface area contributed by atoms with Crippen LogP contribution in [-0.2, 0) is 33.3 Å². The number of carbonyl (C=O) groups excluding carboxylic acids is 3. The van der Waals surface area contributed by atoms with Crippen molar-refractivity contribution in [2.75, 3.05) is 47.5 Å². The third-order valence-corrected chi connectivity index (χ3v) is 17.0. The number of nitrogens with zero attached hydrogens (tertiary/aromatic N) is 1. The van der Waals surface area contributed by atoms with Gasteiger partial charge in [-0.3, -0.25) is 9.59 Å². The van der Waals surface area contributed by atoms with Crippen LogP contribution in [0.2, 0.25) is 0 Å². The van der Waals surface area contributed by atoms with Crippen molar-refractivity contribution in [2.24, 2.45) is 0 Å². The summed E-state index contributed by atoms with van der Waals surface area (Å²) in [6, 6.07) is 0. The highest BCUT2D eigenvalue weighted by Gasteiger charge is 2.22. The van der Waals surface area contributed by atoms with Crippen molar-refractivity contribution in [1.82, 2.24) is 0 Å². The molecule has 2 atom stereocenters. The molecule has 0 heterocycles. The minimum atomic E-state index is -1.62. The van der Waals surface area contributed by atoms with Gasteiger partial charge in [0, 0.05) is 12.8 Å². The minimum absolute atomic E-state index is 0.147. The zero-order valence-corrected chi connectivity index (χ0v) is 61.4. The molecule has 0 aliphatic rings. The summed E-state index contributed by atoms with van der Waals surface area (Å²) in [4.78, 5) is 37.6. The molecule has 0 aromatic heterocycles. The lowest BCUT2D eigenvalue weighted by Crippen LogP contribution is -2.44. The van der Waals surface area contributed by atoms with Gasteiger partial charge in [0.15, 0.2) is 12.4 Å². The number of rotatable bonds is 72. The first-order valence-electron chi connectivity index (χ1n) is 39.0. The van der Waals surface area contributed by atoms with Crippen LogP contribution in [0.3, 0.4) is 0 Å². The smallest absolute Gasteiger partial charge is 0.306 e. The fraction of sp³-hybridized carbons (Fsp3) is 0.750. The molecule has 2 unspecified atom stereocenters. The zero-order valence-electron chi connectivity index (χ0n) is 61.4. The van der Waals surface area contributed by atoms with Gasteiger partial charge in [0.25, 0.3) is 0 Å². The molecule has 0 saturated carbocycles. The number of hydrogen-bond donors (Lipinski definition) is 0. The van der Waals surface area contributed by atoms with Crippen molar-refractivity contribution in [2.45, 2.75) is 360 Å². The Labute approximate surface area is 575 Å². The number of aliphatic carboxylic acids is 1. The normalized spacial score (nSPS) is 13.3. The molecule has 0 aromatic rings. The van der Waals surface area contributed by atoms with Crippen molar-refractivity contribution in [3.63, 3.8) is 0 Å². The molecule has 0 radical (unpaired) electrons. The molecule has 0 aliphatic heterocycles. The van der Waals surface area contributed by atoms with E-state index in [-0.39, 0.29) is 32.2 Å². The van der Waals surface area contributed by atoms with Crippen molar-refractivity contribution in [3.8, 4) is 0 Å². The van der Waals surface area contributed by atoms with Crippen LogP contribution in [0.25, 0.3) is 0 Å². The summed E-state index contributed by atoms with van der Waals surface area (Å²) in [5, 5.41) is 11.9. The van der Waals surface area contributed by atoms with Gasteiger partial charge in [-0.1, -0.05) is 348 Å². The summed E-state index contributed by atoms with van der Waals surface area (Å²) in [6.07, 6.45) is 101. The summed E-state index contributed by atoms with van der Waals surface area (Å²) in [5.74, 6) is -2.26. The third kappa shape index (κ3) is 75.2. The van der Waals surface area contributed by atoms with Crippen LogP contribution >= 0.6 is 0 Å². The highest BCUT2D eigenvalue weighted by Crippen LogP contribution is 2.19. The predicted molar refractivity (Wildman–Crippen MR) is 398 cm³/mol. The maximum Gasteiger partial charge on any atom is 0.306 e. The van der Waals surface area contributed by atoms with Crippen LogP contribution in [0.15, 0.2) is 109 Å². The Morgan fingerprint density at radius 3 is 0.860 bits per heavy atom. The van der Waals surface area contributed by atoms with Gasteiger partial charge in [0.2, 0.25) is 0 Å². The molecule has 0 amide bonds. The molecule has 0 spiro atoms. The monoisotopic (exact) mass is 1300 g/mol. The Balaban J connectivity index is 4.01. The first-order valence-corrected chi connectivity index (χ1v) is 39.0. The summed E-state index contributed by atoms with van der Waals surface area (Å²) in [5.41, 5.74) is 0. The van der Waals surface area contributed by atoms with E-state index in [9.17, 15) is 19.5 Å². The van der Waals surface area contributed by atoms with Crippen molar-refractivity contribution in [1.29, 1.82) is 0 Å². The lowest BCUT2D eigenvalue weighted by atomic mass is 10.0. The summed E-state index contributed by atoms with van der Waals surface area (Å²) >= 11 is 0. The highest BCUT2D eigenvalue weighted by atomic mass is 16.7. The molecule has 0 fully saturated rings. The molecule has 9 heteroatoms. The van der Waals surface area contributed by atoms with Crippen LogP contribution in [0.5, 0.6) is 0 Å². The van der Waals surface area contributed by atoms with E-state index in [2.05, 4.69) is 123 Å². The minimum Gasteiger partial charge on any atom is -0.545 e. The standard InChI is InChI=1S/C84H147NO8/c1-6-8-10-12-14-16-18-20-22-24-26-28-30-32-34-36-38-40-41-43-44-46-48-50-52-54-56-58-60-62-64-66-68-70-72-74-81(86)91-78-80(79-92-84(83(88)89)90-77-76-85(3,4)5)93-82(87)75-73-71-69-67-65-63-61-59-57-55-53-51-49-47-45-42-39-37-35-33-31-29-27-25-23-21-19-17-15-13-11-9-7-2/h8-11,14-17,20-23,26-29,33,35,80,84H,6-7,12-13,18-19,24-25,30-32,34,36-79H2,1-5H3/b10-8-,11-9-,16-14-,17-15-,22-20-,23-21-,28-26-,29-27-,35-33-. The Bertz CT molecular complexity index is 1900. The number of carbonyl (C=O) groups is 3. The topological polar surface area (TPSA) is 111 Å². The van der Waals surface area contributed by atoms with Crippen LogP contribution in [0.1, 0.15) is 348 Å². The Morgan fingerprint density at radius 1 is 0.323 bits per heavy atom. The molecule has 0 aliphatic carbocycles. The number of likely N-dealkylation sites (N-methyl/N-ethyl adjacent to an activating group) is 1. The number of hydrogen-bond acceptors (Lipinski definition) is 8. The van der Waals surface area contributed by atoms with Crippen molar-refractivity contribution in [3.05, 3.63) is 109 Å². The molecule has 0 saturated heterocycles. The third-order valence-electron chi connectivity index (χ3n) is 17.0. The Kier molecular flexibility index (Phi) is 70.5. The van der Waals surface area contributed by atoms with E-state index in [0.717, 1.165) is 89.9 Å². The molecular weight excluding hydrogens is 1150 g/mol. The lowest BCUT2D eigenvalue weighted by molar-refractivity contribution is -0.870. The average Bonchev–Trinajstić information content (AvgIpc) is 3.74. The number of esters is 2. The van der Waals surface area contributed by atoms with Gasteiger partial charge in [-0.05, 0) is 96.3 Å². The largest absolute Gasteiger partial charge is 0.545 e. The maximum atomic E-state index is 13.0. The van der Waals surface area contributed by atoms with E-state index >= 15 is 0 Å². The predicted octanol–water partition coefficient (Wildman–Crippen LogP) is 23.6. The van der Waals surface area contributed by atoms with Crippen molar-refractivity contribution >= 4 is 17.9 Å². The van der Waals surface area contributed by atoms with Gasteiger partial charge in [-0.25, -0.2) is 0 Å². The van der Waals surface area contributed by atoms with E-state index in [1.165, 1.54) is 225 Å². The molecule has 0 N–H and O–H groups in total. The fourth-order valence-corrected chi connectivity index (χ4v) is 11.1. The van der Waals surface area contributed by atoms with Gasteiger partial charge >= 0.3 is 11.9 Å². The van der Waals surface area contributed by atoms with E-state index < -0.39 is 24.3 Å². The highest BCUT2D eigenvalue weighted by molar-refractivity contribution is 5.70. The number of unbranched alkanes of at least 4 members (excludes halogenated alkanes) is 39. The second-order valence-corrected chi connectivity index (χ2v) is 27.2. The molecule has 9 nitrogen and oxygen atoms in total. The van der Waals surface area contributed by atoms with Gasteiger partial charge in [0.1, 0.15) is 13.2 Å². The SMILES string of the molecule is CC/C=C\C/C=C\C/C=C\C/C=C\C/C=C\CCCCCCCCCCCCCCCCCCCC(=O)OC(COC(=O)CCCCCCCCCCCCCCCCCCCCCCCC/C=C\C/C=C\C/C=C\C/C=C\CC)COC(OCC[N+](C)(C)C)C(=O)[O-]. The van der Waals surface area contributed by atoms with E-state index in [1.807, 2.05) is 21.1 Å². The number of carboxylic acids is 1. The molecule has 93 heavy (non-hydrogen) atoms. The van der Waals surface area contributed by atoms with Crippen LogP contribution in [0.4, 0.5) is 0 Å². The molecule has 0 bridgehead atoms. The second-order valence-electron chi connectivity index (χ2n) is 27.2. The number of ether oxygens (including phenoxy) is 4. The number of quaternary nitrogens is 1. The van der Waals surface area contributed by atoms with E-state index in [1.54, 1.807) is 0 Å². The summed E-state index contributed by atoms with van der Waals surface area (Å²) < 4.78 is 22.9. The maximum absolute atomic E-state index is 13.0. The molecule has 0 rings (SSSR count). The molecular formula is C84H147NO8. The average molecular weight is 1300 g/mol. The van der Waals surface area contributed by atoms with Gasteiger partial charge < -0.3 is 33.3 Å². The zero-order chi connectivity index (χ0) is 67.5.